The molecule has 0 amide bonds. The van der Waals surface area contributed by atoms with Crippen LogP contribution in [0.4, 0.5) is 0 Å². The van der Waals surface area contributed by atoms with Crippen molar-refractivity contribution in [3.05, 3.63) is 50.2 Å². The first-order valence-electron chi connectivity index (χ1n) is 6.08. The quantitative estimate of drug-likeness (QED) is 0.927. The van der Waals surface area contributed by atoms with Gasteiger partial charge < -0.3 is 0 Å². The van der Waals surface area contributed by atoms with Crippen LogP contribution in [0, 0.1) is 25.2 Å². The van der Waals surface area contributed by atoms with Crippen LogP contribution in [0.25, 0.3) is 0 Å². The van der Waals surface area contributed by atoms with Crippen LogP contribution in [0.3, 0.4) is 0 Å². The fraction of sp³-hybridized carbons (Fsp3) is 0.214. The molecule has 0 fully saturated rings. The van der Waals surface area contributed by atoms with Crippen molar-refractivity contribution in [1.29, 1.82) is 5.26 Å². The van der Waals surface area contributed by atoms with Gasteiger partial charge in [0, 0.05) is 16.3 Å². The van der Waals surface area contributed by atoms with Crippen LogP contribution in [0.2, 0.25) is 5.02 Å². The van der Waals surface area contributed by atoms with Crippen molar-refractivity contribution in [3.63, 3.8) is 0 Å². The van der Waals surface area contributed by atoms with E-state index in [0.29, 0.717) is 0 Å². The maximum atomic E-state index is 12.3. The monoisotopic (exact) mass is 340 g/mol. The maximum absolute atomic E-state index is 12.3. The van der Waals surface area contributed by atoms with E-state index in [9.17, 15) is 8.42 Å². The third-order valence-electron chi connectivity index (χ3n) is 3.00. The Balaban J connectivity index is 2.24. The van der Waals surface area contributed by atoms with Crippen LogP contribution in [0.15, 0.2) is 29.2 Å². The standard InChI is InChI=1S/C14H13ClN2O2S2/c1-9-5-12(20-10(9)2)8-17-21(18,19)14-6-11(7-16)3-4-13(14)15/h3-6,17H,8H2,1-2H3. The van der Waals surface area contributed by atoms with Gasteiger partial charge in [-0.3, -0.25) is 0 Å². The van der Waals surface area contributed by atoms with Crippen LogP contribution in [0.5, 0.6) is 0 Å². The average molecular weight is 341 g/mol. The van der Waals surface area contributed by atoms with Gasteiger partial charge >= 0.3 is 0 Å². The van der Waals surface area contributed by atoms with Gasteiger partial charge in [-0.2, -0.15) is 5.26 Å². The first-order chi connectivity index (χ1) is 9.83. The molecule has 7 heteroatoms. The normalized spacial score (nSPS) is 11.3. The van der Waals surface area contributed by atoms with Gasteiger partial charge in [0.1, 0.15) is 4.90 Å². The lowest BCUT2D eigenvalue weighted by Gasteiger charge is -2.07. The summed E-state index contributed by atoms with van der Waals surface area (Å²) in [5.41, 5.74) is 1.39. The summed E-state index contributed by atoms with van der Waals surface area (Å²) in [5, 5.41) is 8.95. The average Bonchev–Trinajstić information content (AvgIpc) is 2.76. The highest BCUT2D eigenvalue weighted by Gasteiger charge is 2.18. The molecule has 0 spiro atoms. The van der Waals surface area contributed by atoms with E-state index in [1.54, 1.807) is 11.3 Å². The Bertz CT molecular complexity index is 800. The summed E-state index contributed by atoms with van der Waals surface area (Å²) in [5.74, 6) is 0. The molecular weight excluding hydrogens is 328 g/mol. The molecule has 1 aromatic heterocycles. The van der Waals surface area contributed by atoms with Crippen molar-refractivity contribution in [3.8, 4) is 6.07 Å². The van der Waals surface area contributed by atoms with Crippen molar-refractivity contribution in [1.82, 2.24) is 4.72 Å². The van der Waals surface area contributed by atoms with Crippen LogP contribution in [-0.4, -0.2) is 8.42 Å². The van der Waals surface area contributed by atoms with E-state index in [1.807, 2.05) is 26.0 Å². The molecule has 4 nitrogen and oxygen atoms in total. The second kappa shape index (κ2) is 6.16. The Morgan fingerprint density at radius 3 is 2.62 bits per heavy atom. The van der Waals surface area contributed by atoms with Crippen LogP contribution in [-0.2, 0) is 16.6 Å². The smallest absolute Gasteiger partial charge is 0.207 e. The molecule has 1 aromatic carbocycles. The number of hydrogen-bond donors (Lipinski definition) is 1. The fourth-order valence-corrected chi connectivity index (χ4v) is 4.37. The minimum atomic E-state index is -3.75. The molecular formula is C14H13ClN2O2S2. The van der Waals surface area contributed by atoms with Crippen LogP contribution >= 0.6 is 22.9 Å². The molecule has 0 unspecified atom stereocenters. The first-order valence-corrected chi connectivity index (χ1v) is 8.76. The summed E-state index contributed by atoms with van der Waals surface area (Å²) in [4.78, 5) is 2.02. The number of aryl methyl sites for hydroxylation is 2. The van der Waals surface area contributed by atoms with Crippen molar-refractivity contribution in [2.45, 2.75) is 25.3 Å². The number of rotatable bonds is 4. The molecule has 0 saturated heterocycles. The number of nitrogens with zero attached hydrogens (tertiary/aromatic N) is 1. The Morgan fingerprint density at radius 1 is 1.33 bits per heavy atom. The van der Waals surface area contributed by atoms with Gasteiger partial charge in [-0.05, 0) is 43.7 Å². The lowest BCUT2D eigenvalue weighted by molar-refractivity contribution is 0.582. The highest BCUT2D eigenvalue weighted by atomic mass is 35.5. The van der Waals surface area contributed by atoms with E-state index in [0.717, 1.165) is 15.3 Å². The Kier molecular flexibility index (Phi) is 4.69. The lowest BCUT2D eigenvalue weighted by atomic mass is 10.2. The van der Waals surface area contributed by atoms with Gasteiger partial charge in [0.05, 0.1) is 16.7 Å². The summed E-state index contributed by atoms with van der Waals surface area (Å²) < 4.78 is 27.1. The lowest BCUT2D eigenvalue weighted by Crippen LogP contribution is -2.23. The second-order valence-electron chi connectivity index (χ2n) is 4.53. The van der Waals surface area contributed by atoms with E-state index in [2.05, 4.69) is 4.72 Å². The van der Waals surface area contributed by atoms with Gasteiger partial charge in [-0.25, -0.2) is 13.1 Å². The topological polar surface area (TPSA) is 70.0 Å². The molecule has 1 N–H and O–H groups in total. The number of thiophene rings is 1. The molecule has 0 bridgehead atoms. The van der Waals surface area contributed by atoms with E-state index in [4.69, 9.17) is 16.9 Å². The van der Waals surface area contributed by atoms with E-state index in [1.165, 1.54) is 18.2 Å². The third kappa shape index (κ3) is 3.63. The van der Waals surface area contributed by atoms with Crippen LogP contribution in [0.1, 0.15) is 20.9 Å². The molecule has 1 heterocycles. The number of halogens is 1. The Morgan fingerprint density at radius 2 is 2.05 bits per heavy atom. The summed E-state index contributed by atoms with van der Waals surface area (Å²) >= 11 is 7.47. The predicted octanol–water partition coefficient (Wildman–Crippen LogP) is 3.37. The summed E-state index contributed by atoms with van der Waals surface area (Å²) in [7, 11) is -3.75. The van der Waals surface area contributed by atoms with E-state index < -0.39 is 10.0 Å². The second-order valence-corrected chi connectivity index (χ2v) is 8.02. The molecule has 0 aliphatic carbocycles. The van der Waals surface area contributed by atoms with Gasteiger partial charge in [0.25, 0.3) is 0 Å². The highest BCUT2D eigenvalue weighted by molar-refractivity contribution is 7.89. The Hall–Kier alpha value is -1.39. The van der Waals surface area contributed by atoms with Gasteiger partial charge in [0.2, 0.25) is 10.0 Å². The zero-order valence-corrected chi connectivity index (χ0v) is 13.9. The largest absolute Gasteiger partial charge is 0.242 e. The first kappa shape index (κ1) is 16.0. The van der Waals surface area contributed by atoms with Gasteiger partial charge in [0.15, 0.2) is 0 Å². The molecule has 0 radical (unpaired) electrons. The third-order valence-corrected chi connectivity index (χ3v) is 6.04. The van der Waals surface area contributed by atoms with Crippen molar-refractivity contribution < 1.29 is 8.42 Å². The molecule has 0 saturated carbocycles. The molecule has 0 atom stereocenters. The number of nitrogens with one attached hydrogen (secondary N) is 1. The van der Waals surface area contributed by atoms with E-state index >= 15 is 0 Å². The maximum Gasteiger partial charge on any atom is 0.242 e. The van der Waals surface area contributed by atoms with Gasteiger partial charge in [-0.15, -0.1) is 11.3 Å². The fourth-order valence-electron chi connectivity index (χ4n) is 1.76. The molecule has 110 valence electrons. The molecule has 21 heavy (non-hydrogen) atoms. The molecule has 2 aromatic rings. The van der Waals surface area contributed by atoms with Crippen molar-refractivity contribution in [2.75, 3.05) is 0 Å². The molecule has 0 aliphatic rings. The van der Waals surface area contributed by atoms with Crippen molar-refractivity contribution >= 4 is 33.0 Å². The number of benzene rings is 1. The minimum Gasteiger partial charge on any atom is -0.207 e. The summed E-state index contributed by atoms with van der Waals surface area (Å²) in [6.45, 7) is 4.18. The number of nitriles is 1. The van der Waals surface area contributed by atoms with Gasteiger partial charge in [-0.1, -0.05) is 11.6 Å². The zero-order valence-electron chi connectivity index (χ0n) is 11.5. The zero-order chi connectivity index (χ0) is 15.6. The SMILES string of the molecule is Cc1cc(CNS(=O)(=O)c2cc(C#N)ccc2Cl)sc1C. The molecule has 2 rings (SSSR count). The predicted molar refractivity (Wildman–Crippen MR) is 84.0 cm³/mol. The molecule has 0 aliphatic heterocycles. The number of sulfonamides is 1. The highest BCUT2D eigenvalue weighted by Crippen LogP contribution is 2.24. The Labute approximate surface area is 133 Å². The van der Waals surface area contributed by atoms with Crippen molar-refractivity contribution in [2.24, 2.45) is 0 Å². The van der Waals surface area contributed by atoms with E-state index in [-0.39, 0.29) is 22.0 Å². The summed E-state index contributed by atoms with van der Waals surface area (Å²) in [6.07, 6.45) is 0. The number of hydrogen-bond acceptors (Lipinski definition) is 4. The summed E-state index contributed by atoms with van der Waals surface area (Å²) in [6, 6.07) is 8.02. The van der Waals surface area contributed by atoms with Crippen LogP contribution < -0.4 is 4.72 Å². The minimum absolute atomic E-state index is 0.0757.